The monoisotopic (exact) mass is 220 g/mol. The highest BCUT2D eigenvalue weighted by molar-refractivity contribution is 5.26. The first kappa shape index (κ1) is 13.2. The van der Waals surface area contributed by atoms with E-state index in [4.69, 9.17) is 5.73 Å². The summed E-state index contributed by atoms with van der Waals surface area (Å²) in [5.74, 6) is 0. The van der Waals surface area contributed by atoms with Gasteiger partial charge in [-0.05, 0) is 31.0 Å². The molecule has 2 nitrogen and oxygen atoms in total. The minimum absolute atomic E-state index is 0.632. The number of rotatable bonds is 6. The normalized spacial score (nSPS) is 11.4. The maximum atomic E-state index is 5.75. The average molecular weight is 220 g/mol. The Morgan fingerprint density at radius 3 is 2.19 bits per heavy atom. The van der Waals surface area contributed by atoms with E-state index in [0.29, 0.717) is 12.6 Å². The van der Waals surface area contributed by atoms with E-state index in [2.05, 4.69) is 50.1 Å². The topological polar surface area (TPSA) is 29.3 Å². The molecule has 1 aromatic carbocycles. The summed E-state index contributed by atoms with van der Waals surface area (Å²) in [4.78, 5) is 2.43. The molecule has 0 aromatic heterocycles. The van der Waals surface area contributed by atoms with Crippen molar-refractivity contribution in [2.45, 2.75) is 45.8 Å². The highest BCUT2D eigenvalue weighted by Gasteiger charge is 2.11. The summed E-state index contributed by atoms with van der Waals surface area (Å²) in [5, 5.41) is 0. The van der Waals surface area contributed by atoms with Crippen molar-refractivity contribution in [2.24, 2.45) is 5.73 Å². The van der Waals surface area contributed by atoms with E-state index in [9.17, 15) is 0 Å². The van der Waals surface area contributed by atoms with Crippen LogP contribution in [0, 0.1) is 0 Å². The number of nitrogens with two attached hydrogens (primary N) is 1. The summed E-state index contributed by atoms with van der Waals surface area (Å²) in [7, 11) is 2.20. The SMILES string of the molecule is CCC(CC)N(C)Cc1ccccc1CN. The summed E-state index contributed by atoms with van der Waals surface area (Å²) in [6, 6.07) is 9.13. The van der Waals surface area contributed by atoms with Gasteiger partial charge in [-0.2, -0.15) is 0 Å². The highest BCUT2D eigenvalue weighted by Crippen LogP contribution is 2.14. The lowest BCUT2D eigenvalue weighted by atomic mass is 10.1. The predicted molar refractivity (Wildman–Crippen MR) is 70.2 cm³/mol. The number of benzene rings is 1. The molecule has 16 heavy (non-hydrogen) atoms. The third-order valence-electron chi connectivity index (χ3n) is 3.32. The van der Waals surface area contributed by atoms with E-state index in [-0.39, 0.29) is 0 Å². The van der Waals surface area contributed by atoms with Crippen molar-refractivity contribution in [1.82, 2.24) is 4.90 Å². The molecule has 0 saturated carbocycles. The smallest absolute Gasteiger partial charge is 0.0236 e. The third kappa shape index (κ3) is 3.32. The van der Waals surface area contributed by atoms with Crippen molar-refractivity contribution in [3.63, 3.8) is 0 Å². The molecule has 2 N–H and O–H groups in total. The fourth-order valence-electron chi connectivity index (χ4n) is 2.22. The lowest BCUT2D eigenvalue weighted by molar-refractivity contribution is 0.221. The lowest BCUT2D eigenvalue weighted by Gasteiger charge is -2.26. The Morgan fingerprint density at radius 2 is 1.69 bits per heavy atom. The molecular weight excluding hydrogens is 196 g/mol. The van der Waals surface area contributed by atoms with Gasteiger partial charge in [0.2, 0.25) is 0 Å². The molecule has 0 radical (unpaired) electrons. The predicted octanol–water partition coefficient (Wildman–Crippen LogP) is 2.77. The van der Waals surface area contributed by atoms with E-state index in [1.165, 1.54) is 24.0 Å². The number of hydrogen-bond donors (Lipinski definition) is 1. The quantitative estimate of drug-likeness (QED) is 0.798. The van der Waals surface area contributed by atoms with Gasteiger partial charge in [0.1, 0.15) is 0 Å². The van der Waals surface area contributed by atoms with Gasteiger partial charge in [0.15, 0.2) is 0 Å². The average Bonchev–Trinajstić information content (AvgIpc) is 2.31. The van der Waals surface area contributed by atoms with Crippen LogP contribution < -0.4 is 5.73 Å². The Hall–Kier alpha value is -0.860. The Labute approximate surface area is 99.5 Å². The molecule has 1 aromatic rings. The second-order valence-electron chi connectivity index (χ2n) is 4.36. The van der Waals surface area contributed by atoms with Crippen molar-refractivity contribution >= 4 is 0 Å². The van der Waals surface area contributed by atoms with E-state index < -0.39 is 0 Å². The first-order chi connectivity index (χ1) is 7.72. The summed E-state index contributed by atoms with van der Waals surface area (Å²) < 4.78 is 0. The Kier molecular flexibility index (Phi) is 5.50. The van der Waals surface area contributed by atoms with Crippen LogP contribution in [-0.2, 0) is 13.1 Å². The van der Waals surface area contributed by atoms with Gasteiger partial charge in [0.25, 0.3) is 0 Å². The largest absolute Gasteiger partial charge is 0.326 e. The molecule has 1 rings (SSSR count). The zero-order valence-corrected chi connectivity index (χ0v) is 10.7. The molecule has 0 aliphatic heterocycles. The standard InChI is InChI=1S/C14H24N2/c1-4-14(5-2)16(3)11-13-9-7-6-8-12(13)10-15/h6-9,14H,4-5,10-11,15H2,1-3H3. The molecule has 0 amide bonds. The van der Waals surface area contributed by atoms with Gasteiger partial charge in [-0.3, -0.25) is 4.90 Å². The van der Waals surface area contributed by atoms with Crippen LogP contribution in [-0.4, -0.2) is 18.0 Å². The molecule has 0 spiro atoms. The Balaban J connectivity index is 2.71. The Morgan fingerprint density at radius 1 is 1.12 bits per heavy atom. The van der Waals surface area contributed by atoms with Crippen LogP contribution >= 0.6 is 0 Å². The van der Waals surface area contributed by atoms with Crippen LogP contribution in [0.5, 0.6) is 0 Å². The van der Waals surface area contributed by atoms with Gasteiger partial charge in [0, 0.05) is 19.1 Å². The first-order valence-electron chi connectivity index (χ1n) is 6.20. The molecule has 0 saturated heterocycles. The minimum Gasteiger partial charge on any atom is -0.326 e. The molecule has 2 heteroatoms. The maximum Gasteiger partial charge on any atom is 0.0236 e. The van der Waals surface area contributed by atoms with E-state index in [1.807, 2.05) is 0 Å². The summed E-state index contributed by atoms with van der Waals surface area (Å²) in [6.07, 6.45) is 2.41. The van der Waals surface area contributed by atoms with Crippen molar-refractivity contribution in [3.05, 3.63) is 35.4 Å². The van der Waals surface area contributed by atoms with Crippen LogP contribution in [0.15, 0.2) is 24.3 Å². The lowest BCUT2D eigenvalue weighted by Crippen LogP contribution is -2.30. The zero-order chi connectivity index (χ0) is 12.0. The van der Waals surface area contributed by atoms with Crippen LogP contribution in [0.3, 0.4) is 0 Å². The van der Waals surface area contributed by atoms with Gasteiger partial charge in [-0.15, -0.1) is 0 Å². The van der Waals surface area contributed by atoms with Gasteiger partial charge in [0.05, 0.1) is 0 Å². The van der Waals surface area contributed by atoms with E-state index in [0.717, 1.165) is 6.54 Å². The van der Waals surface area contributed by atoms with Crippen molar-refractivity contribution < 1.29 is 0 Å². The van der Waals surface area contributed by atoms with E-state index >= 15 is 0 Å². The van der Waals surface area contributed by atoms with Crippen molar-refractivity contribution in [2.75, 3.05) is 7.05 Å². The molecule has 0 bridgehead atoms. The molecule has 0 fully saturated rings. The van der Waals surface area contributed by atoms with Crippen molar-refractivity contribution in [3.8, 4) is 0 Å². The molecule has 90 valence electrons. The maximum absolute atomic E-state index is 5.75. The molecule has 0 aliphatic carbocycles. The summed E-state index contributed by atoms with van der Waals surface area (Å²) >= 11 is 0. The van der Waals surface area contributed by atoms with Gasteiger partial charge in [-0.25, -0.2) is 0 Å². The van der Waals surface area contributed by atoms with Crippen molar-refractivity contribution in [1.29, 1.82) is 0 Å². The van der Waals surface area contributed by atoms with Gasteiger partial charge < -0.3 is 5.73 Å². The van der Waals surface area contributed by atoms with Gasteiger partial charge in [-0.1, -0.05) is 38.1 Å². The highest BCUT2D eigenvalue weighted by atomic mass is 15.1. The zero-order valence-electron chi connectivity index (χ0n) is 10.7. The number of hydrogen-bond acceptors (Lipinski definition) is 2. The first-order valence-corrected chi connectivity index (χ1v) is 6.20. The van der Waals surface area contributed by atoms with Gasteiger partial charge >= 0.3 is 0 Å². The van der Waals surface area contributed by atoms with Crippen LogP contribution in [0.25, 0.3) is 0 Å². The molecule has 0 unspecified atom stereocenters. The molecule has 0 atom stereocenters. The Bertz CT molecular complexity index is 305. The second kappa shape index (κ2) is 6.66. The minimum atomic E-state index is 0.632. The van der Waals surface area contributed by atoms with E-state index in [1.54, 1.807) is 0 Å². The van der Waals surface area contributed by atoms with Crippen LogP contribution in [0.4, 0.5) is 0 Å². The van der Waals surface area contributed by atoms with Crippen LogP contribution in [0.1, 0.15) is 37.8 Å². The summed E-state index contributed by atoms with van der Waals surface area (Å²) in [5.41, 5.74) is 8.37. The van der Waals surface area contributed by atoms with Crippen LogP contribution in [0.2, 0.25) is 0 Å². The fourth-order valence-corrected chi connectivity index (χ4v) is 2.22. The third-order valence-corrected chi connectivity index (χ3v) is 3.32. The molecule has 0 aliphatic rings. The molecular formula is C14H24N2. The number of nitrogens with zero attached hydrogens (tertiary/aromatic N) is 1. The molecule has 0 heterocycles. The fraction of sp³-hybridized carbons (Fsp3) is 0.571. The summed E-state index contributed by atoms with van der Waals surface area (Å²) in [6.45, 7) is 6.13. The second-order valence-corrected chi connectivity index (χ2v) is 4.36.